The lowest BCUT2D eigenvalue weighted by molar-refractivity contribution is -0.154. The lowest BCUT2D eigenvalue weighted by Gasteiger charge is -2.19. The number of ether oxygens (including phenoxy) is 1. The number of rotatable bonds is 10. The Morgan fingerprint density at radius 3 is 2.24 bits per heavy atom. The first-order chi connectivity index (χ1) is 17.9. The Hall–Kier alpha value is -3.65. The molecule has 3 aromatic rings. The van der Waals surface area contributed by atoms with Crippen LogP contribution in [0.3, 0.4) is 0 Å². The first kappa shape index (κ1) is 27.4. The number of anilines is 3. The first-order valence-electron chi connectivity index (χ1n) is 11.3. The summed E-state index contributed by atoms with van der Waals surface area (Å²) in [6.45, 7) is -0.0861. The third-order valence-corrected chi connectivity index (χ3v) is 7.11. The highest BCUT2D eigenvalue weighted by Crippen LogP contribution is 2.48. The second-order valence-electron chi connectivity index (χ2n) is 8.41. The molecule has 0 bridgehead atoms. The SMILES string of the molecule is CCC(=O)NS(=O)(=O)c1ccc(Nc2nc(NC3(c4ccc(Cl)cc4)CC3)nc(OCC(F)(F)F)n2)cc1. The van der Waals surface area contributed by atoms with Crippen LogP contribution in [-0.2, 0) is 20.4 Å². The molecule has 202 valence electrons. The number of hydrogen-bond acceptors (Lipinski definition) is 9. The third kappa shape index (κ3) is 7.01. The molecule has 3 N–H and O–H groups in total. The van der Waals surface area contributed by atoms with Crippen LogP contribution in [0.5, 0.6) is 6.01 Å². The number of carbonyl (C=O) groups excluding carboxylic acids is 1. The fourth-order valence-corrected chi connectivity index (χ4v) is 4.58. The summed E-state index contributed by atoms with van der Waals surface area (Å²) in [4.78, 5) is 23.5. The standard InChI is InChI=1S/C23H22ClF3N6O4S/c1-2-18(34)33-38(35,36)17-9-7-16(8-10-17)28-19-29-20(31-21(30-19)37-13-23(25,26)27)32-22(11-12-22)14-3-5-15(24)6-4-14/h3-10H,2,11-13H2,1H3,(H,33,34)(H2,28,29,30,31,32). The molecular weight excluding hydrogens is 549 g/mol. The lowest BCUT2D eigenvalue weighted by Crippen LogP contribution is -2.29. The molecule has 1 amide bonds. The maximum atomic E-state index is 12.7. The first-order valence-corrected chi connectivity index (χ1v) is 13.2. The molecule has 1 aliphatic rings. The number of nitrogens with zero attached hydrogens (tertiary/aromatic N) is 3. The Balaban J connectivity index is 1.57. The summed E-state index contributed by atoms with van der Waals surface area (Å²) in [6.07, 6.45) is -3.16. The van der Waals surface area contributed by atoms with Gasteiger partial charge in [0.05, 0.1) is 10.4 Å². The zero-order chi connectivity index (χ0) is 27.6. The topological polar surface area (TPSA) is 135 Å². The maximum absolute atomic E-state index is 12.7. The number of aromatic nitrogens is 3. The van der Waals surface area contributed by atoms with Gasteiger partial charge in [-0.05, 0) is 54.8 Å². The zero-order valence-corrected chi connectivity index (χ0v) is 21.4. The number of hydrogen-bond donors (Lipinski definition) is 3. The summed E-state index contributed by atoms with van der Waals surface area (Å²) in [5, 5.41) is 6.52. The van der Waals surface area contributed by atoms with Gasteiger partial charge in [-0.1, -0.05) is 30.7 Å². The van der Waals surface area contributed by atoms with Crippen LogP contribution in [0.4, 0.5) is 30.8 Å². The van der Waals surface area contributed by atoms with E-state index in [9.17, 15) is 26.4 Å². The Kier molecular flexibility index (Phi) is 7.65. The van der Waals surface area contributed by atoms with E-state index >= 15 is 0 Å². The van der Waals surface area contributed by atoms with Gasteiger partial charge in [-0.25, -0.2) is 13.1 Å². The number of nitrogens with one attached hydrogen (secondary N) is 3. The van der Waals surface area contributed by atoms with Crippen LogP contribution in [0.1, 0.15) is 31.7 Å². The zero-order valence-electron chi connectivity index (χ0n) is 19.8. The normalized spacial score (nSPS) is 14.4. The van der Waals surface area contributed by atoms with Crippen molar-refractivity contribution >= 4 is 45.1 Å². The van der Waals surface area contributed by atoms with E-state index in [2.05, 4.69) is 25.6 Å². The molecule has 0 saturated heterocycles. The van der Waals surface area contributed by atoms with Gasteiger partial charge in [-0.2, -0.15) is 28.1 Å². The molecule has 1 heterocycles. The smallest absolute Gasteiger partial charge is 0.422 e. The molecule has 0 unspecified atom stereocenters. The van der Waals surface area contributed by atoms with Crippen molar-refractivity contribution in [2.75, 3.05) is 17.2 Å². The van der Waals surface area contributed by atoms with Crippen LogP contribution in [0, 0.1) is 0 Å². The van der Waals surface area contributed by atoms with Crippen molar-refractivity contribution < 1.29 is 31.1 Å². The van der Waals surface area contributed by atoms with Gasteiger partial charge in [0.25, 0.3) is 10.0 Å². The van der Waals surface area contributed by atoms with Crippen molar-refractivity contribution in [2.24, 2.45) is 0 Å². The highest BCUT2D eigenvalue weighted by atomic mass is 35.5. The molecule has 1 aliphatic carbocycles. The molecule has 0 aliphatic heterocycles. The molecule has 10 nitrogen and oxygen atoms in total. The molecule has 1 aromatic heterocycles. The van der Waals surface area contributed by atoms with E-state index in [0.717, 1.165) is 18.4 Å². The second-order valence-corrected chi connectivity index (χ2v) is 10.5. The molecule has 15 heteroatoms. The number of carbonyl (C=O) groups is 1. The van der Waals surface area contributed by atoms with Gasteiger partial charge >= 0.3 is 12.2 Å². The van der Waals surface area contributed by atoms with Gasteiger partial charge in [-0.3, -0.25) is 4.79 Å². The minimum absolute atomic E-state index is 0.00727. The van der Waals surface area contributed by atoms with Crippen molar-refractivity contribution in [1.29, 1.82) is 0 Å². The van der Waals surface area contributed by atoms with Crippen LogP contribution in [-0.4, -0.2) is 42.1 Å². The largest absolute Gasteiger partial charge is 0.454 e. The Labute approximate surface area is 221 Å². The highest BCUT2D eigenvalue weighted by Gasteiger charge is 2.45. The van der Waals surface area contributed by atoms with Gasteiger partial charge in [0, 0.05) is 17.1 Å². The van der Waals surface area contributed by atoms with Gasteiger partial charge in [0.1, 0.15) is 0 Å². The maximum Gasteiger partial charge on any atom is 0.422 e. The number of amides is 1. The third-order valence-electron chi connectivity index (χ3n) is 5.47. The minimum Gasteiger partial charge on any atom is -0.454 e. The fraction of sp³-hybridized carbons (Fsp3) is 0.304. The Bertz CT molecular complexity index is 1420. The van der Waals surface area contributed by atoms with Crippen LogP contribution >= 0.6 is 11.6 Å². The molecule has 0 atom stereocenters. The van der Waals surface area contributed by atoms with Gasteiger partial charge < -0.3 is 15.4 Å². The van der Waals surface area contributed by atoms with Crippen LogP contribution in [0.25, 0.3) is 0 Å². The van der Waals surface area contributed by atoms with Crippen LogP contribution in [0.2, 0.25) is 5.02 Å². The van der Waals surface area contributed by atoms with Gasteiger partial charge in [0.2, 0.25) is 17.8 Å². The van der Waals surface area contributed by atoms with E-state index in [1.54, 1.807) is 12.1 Å². The number of alkyl halides is 3. The summed E-state index contributed by atoms with van der Waals surface area (Å²) in [5.74, 6) is -0.814. The molecular formula is C23H22ClF3N6O4S. The van der Waals surface area contributed by atoms with E-state index in [1.807, 2.05) is 16.9 Å². The van der Waals surface area contributed by atoms with Crippen molar-refractivity contribution in [3.05, 3.63) is 59.1 Å². The molecule has 2 aromatic carbocycles. The van der Waals surface area contributed by atoms with Gasteiger partial charge in [-0.15, -0.1) is 0 Å². The minimum atomic E-state index is -4.61. The summed E-state index contributed by atoms with van der Waals surface area (Å²) < 4.78 is 69.5. The second kappa shape index (κ2) is 10.6. The summed E-state index contributed by atoms with van der Waals surface area (Å²) >= 11 is 5.97. The quantitative estimate of drug-likeness (QED) is 0.321. The average Bonchev–Trinajstić information content (AvgIpc) is 3.63. The van der Waals surface area contributed by atoms with Crippen LogP contribution in [0.15, 0.2) is 53.4 Å². The van der Waals surface area contributed by atoms with Crippen molar-refractivity contribution in [3.8, 4) is 6.01 Å². The molecule has 0 radical (unpaired) electrons. The predicted octanol–water partition coefficient (Wildman–Crippen LogP) is 4.53. The molecule has 38 heavy (non-hydrogen) atoms. The average molecular weight is 571 g/mol. The van der Waals surface area contributed by atoms with E-state index in [1.165, 1.54) is 31.2 Å². The molecule has 0 spiro atoms. The lowest BCUT2D eigenvalue weighted by atomic mass is 10.1. The Morgan fingerprint density at radius 2 is 1.66 bits per heavy atom. The van der Waals surface area contributed by atoms with Crippen molar-refractivity contribution in [1.82, 2.24) is 19.7 Å². The van der Waals surface area contributed by atoms with E-state index in [-0.39, 0.29) is 23.2 Å². The van der Waals surface area contributed by atoms with Crippen LogP contribution < -0.4 is 20.1 Å². The van der Waals surface area contributed by atoms with Gasteiger partial charge in [0.15, 0.2) is 6.61 Å². The van der Waals surface area contributed by atoms with E-state index < -0.39 is 40.3 Å². The summed E-state index contributed by atoms with van der Waals surface area (Å²) in [6, 6.07) is 11.8. The van der Waals surface area contributed by atoms with E-state index in [4.69, 9.17) is 16.3 Å². The van der Waals surface area contributed by atoms with E-state index in [0.29, 0.717) is 10.7 Å². The monoisotopic (exact) mass is 570 g/mol. The summed E-state index contributed by atoms with van der Waals surface area (Å²) in [5.41, 5.74) is 0.703. The highest BCUT2D eigenvalue weighted by molar-refractivity contribution is 7.90. The fourth-order valence-electron chi connectivity index (χ4n) is 3.40. The number of sulfonamides is 1. The number of benzene rings is 2. The predicted molar refractivity (Wildman–Crippen MR) is 133 cm³/mol. The molecule has 1 saturated carbocycles. The number of halogens is 4. The summed E-state index contributed by atoms with van der Waals surface area (Å²) in [7, 11) is -4.05. The molecule has 1 fully saturated rings. The molecule has 4 rings (SSSR count). The van der Waals surface area contributed by atoms with Crippen molar-refractivity contribution in [2.45, 2.75) is 42.8 Å². The van der Waals surface area contributed by atoms with Crippen molar-refractivity contribution in [3.63, 3.8) is 0 Å². The Morgan fingerprint density at radius 1 is 1.03 bits per heavy atom.